The van der Waals surface area contributed by atoms with Crippen LogP contribution in [0.15, 0.2) is 22.7 Å². The Morgan fingerprint density at radius 3 is 2.90 bits per heavy atom. The van der Waals surface area contributed by atoms with E-state index < -0.39 is 0 Å². The first-order valence-corrected chi connectivity index (χ1v) is 8.10. The van der Waals surface area contributed by atoms with Crippen LogP contribution in [0.3, 0.4) is 0 Å². The number of nitrogens with one attached hydrogen (secondary N) is 1. The van der Waals surface area contributed by atoms with Crippen LogP contribution >= 0.6 is 27.3 Å². The van der Waals surface area contributed by atoms with Gasteiger partial charge >= 0.3 is 0 Å². The van der Waals surface area contributed by atoms with E-state index in [0.29, 0.717) is 0 Å². The number of hydrogen-bond donors (Lipinski definition) is 1. The Morgan fingerprint density at radius 1 is 1.30 bits per heavy atom. The molecule has 2 rings (SSSR count). The van der Waals surface area contributed by atoms with Gasteiger partial charge in [0.25, 0.3) is 0 Å². The minimum Gasteiger partial charge on any atom is -0.383 e. The molecule has 0 bridgehead atoms. The van der Waals surface area contributed by atoms with Gasteiger partial charge in [0.2, 0.25) is 0 Å². The molecule has 0 unspecified atom stereocenters. The monoisotopic (exact) mass is 355 g/mol. The lowest BCUT2D eigenvalue weighted by Gasteiger charge is -2.02. The molecular weight excluding hydrogens is 338 g/mol. The quantitative estimate of drug-likeness (QED) is 0.775. The molecule has 1 aromatic carbocycles. The second-order valence-corrected chi connectivity index (χ2v) is 6.43. The van der Waals surface area contributed by atoms with Gasteiger partial charge in [-0.15, -0.1) is 10.2 Å². The third-order valence-electron chi connectivity index (χ3n) is 2.88. The standard InChI is InChI=1S/C14H18BrN3OS/c1-10-9-11(15)3-4-12(10)14-18-17-13(20-14)5-6-16-7-8-19-2/h3-4,9,16H,5-8H2,1-2H3. The average molecular weight is 356 g/mol. The summed E-state index contributed by atoms with van der Waals surface area (Å²) in [5.41, 5.74) is 2.37. The van der Waals surface area contributed by atoms with Crippen LogP contribution in [-0.2, 0) is 11.2 Å². The Labute approximate surface area is 131 Å². The zero-order valence-corrected chi connectivity index (χ0v) is 14.1. The molecule has 20 heavy (non-hydrogen) atoms. The summed E-state index contributed by atoms with van der Waals surface area (Å²) in [5, 5.41) is 13.9. The van der Waals surface area contributed by atoms with E-state index in [0.717, 1.165) is 46.2 Å². The summed E-state index contributed by atoms with van der Waals surface area (Å²) < 4.78 is 6.08. The van der Waals surface area contributed by atoms with Crippen molar-refractivity contribution < 1.29 is 4.74 Å². The Kier molecular flexibility index (Phi) is 6.09. The van der Waals surface area contributed by atoms with Gasteiger partial charge < -0.3 is 10.1 Å². The average Bonchev–Trinajstić information content (AvgIpc) is 2.87. The maximum atomic E-state index is 4.99. The van der Waals surface area contributed by atoms with Gasteiger partial charge in [-0.25, -0.2) is 0 Å². The first kappa shape index (κ1) is 15.6. The Morgan fingerprint density at radius 2 is 2.15 bits per heavy atom. The van der Waals surface area contributed by atoms with E-state index >= 15 is 0 Å². The predicted octanol–water partition coefficient (Wildman–Crippen LogP) is 3.05. The van der Waals surface area contributed by atoms with Gasteiger partial charge in [0.1, 0.15) is 10.0 Å². The van der Waals surface area contributed by atoms with Crippen molar-refractivity contribution in [3.05, 3.63) is 33.2 Å². The highest BCUT2D eigenvalue weighted by molar-refractivity contribution is 9.10. The van der Waals surface area contributed by atoms with Gasteiger partial charge in [-0.3, -0.25) is 0 Å². The number of aromatic nitrogens is 2. The number of rotatable bonds is 7. The number of benzene rings is 1. The maximum absolute atomic E-state index is 4.99. The molecule has 0 saturated carbocycles. The molecule has 1 N–H and O–H groups in total. The summed E-state index contributed by atoms with van der Waals surface area (Å²) in [4.78, 5) is 0. The molecule has 0 aliphatic heterocycles. The van der Waals surface area contributed by atoms with Crippen LogP contribution in [0.1, 0.15) is 10.6 Å². The third-order valence-corrected chi connectivity index (χ3v) is 4.39. The number of hydrogen-bond acceptors (Lipinski definition) is 5. The molecule has 0 saturated heterocycles. The number of nitrogens with zero attached hydrogens (tertiary/aromatic N) is 2. The molecule has 0 fully saturated rings. The summed E-state index contributed by atoms with van der Waals surface area (Å²) in [5.74, 6) is 0. The van der Waals surface area contributed by atoms with Gasteiger partial charge in [-0.05, 0) is 24.6 Å². The first-order valence-electron chi connectivity index (χ1n) is 6.49. The van der Waals surface area contributed by atoms with Gasteiger partial charge in [0, 0.05) is 36.7 Å². The van der Waals surface area contributed by atoms with Crippen molar-refractivity contribution in [2.24, 2.45) is 0 Å². The zero-order valence-electron chi connectivity index (χ0n) is 11.6. The van der Waals surface area contributed by atoms with Crippen LogP contribution in [0.2, 0.25) is 0 Å². The second kappa shape index (κ2) is 7.83. The summed E-state index contributed by atoms with van der Waals surface area (Å²) in [6, 6.07) is 6.22. The summed E-state index contributed by atoms with van der Waals surface area (Å²) in [7, 11) is 1.71. The van der Waals surface area contributed by atoms with E-state index in [4.69, 9.17) is 4.74 Å². The smallest absolute Gasteiger partial charge is 0.148 e. The summed E-state index contributed by atoms with van der Waals surface area (Å²) in [6.45, 7) is 4.60. The lowest BCUT2D eigenvalue weighted by atomic mass is 10.1. The van der Waals surface area contributed by atoms with Crippen LogP contribution in [0, 0.1) is 6.92 Å². The van der Waals surface area contributed by atoms with Crippen LogP contribution in [-0.4, -0.2) is 37.0 Å². The lowest BCUT2D eigenvalue weighted by Crippen LogP contribution is -2.21. The fraction of sp³-hybridized carbons (Fsp3) is 0.429. The molecule has 1 heterocycles. The van der Waals surface area contributed by atoms with Crippen molar-refractivity contribution in [1.82, 2.24) is 15.5 Å². The van der Waals surface area contributed by atoms with E-state index in [-0.39, 0.29) is 0 Å². The van der Waals surface area contributed by atoms with Crippen LogP contribution < -0.4 is 5.32 Å². The number of methoxy groups -OCH3 is 1. The highest BCUT2D eigenvalue weighted by Crippen LogP contribution is 2.28. The molecule has 1 aromatic heterocycles. The molecule has 0 amide bonds. The second-order valence-electron chi connectivity index (χ2n) is 4.45. The minimum atomic E-state index is 0.736. The fourth-order valence-electron chi connectivity index (χ4n) is 1.83. The Bertz CT molecular complexity index is 559. The molecule has 0 radical (unpaired) electrons. The molecule has 0 spiro atoms. The predicted molar refractivity (Wildman–Crippen MR) is 86.2 cm³/mol. The van der Waals surface area contributed by atoms with Crippen molar-refractivity contribution in [2.45, 2.75) is 13.3 Å². The minimum absolute atomic E-state index is 0.736. The molecule has 4 nitrogen and oxygen atoms in total. The Hall–Kier alpha value is -0.820. The van der Waals surface area contributed by atoms with E-state index in [1.807, 2.05) is 6.07 Å². The van der Waals surface area contributed by atoms with Crippen molar-refractivity contribution >= 4 is 27.3 Å². The van der Waals surface area contributed by atoms with E-state index in [9.17, 15) is 0 Å². The molecule has 108 valence electrons. The van der Waals surface area contributed by atoms with Crippen LogP contribution in [0.4, 0.5) is 0 Å². The van der Waals surface area contributed by atoms with Crippen LogP contribution in [0.5, 0.6) is 0 Å². The summed E-state index contributed by atoms with van der Waals surface area (Å²) >= 11 is 5.14. The van der Waals surface area contributed by atoms with Crippen molar-refractivity contribution in [1.29, 1.82) is 0 Å². The van der Waals surface area contributed by atoms with E-state index in [2.05, 4.69) is 50.5 Å². The van der Waals surface area contributed by atoms with Gasteiger partial charge in [0.05, 0.1) is 6.61 Å². The molecule has 6 heteroatoms. The zero-order chi connectivity index (χ0) is 14.4. The first-order chi connectivity index (χ1) is 9.70. The van der Waals surface area contributed by atoms with Gasteiger partial charge in [0.15, 0.2) is 0 Å². The topological polar surface area (TPSA) is 47.0 Å². The highest BCUT2D eigenvalue weighted by atomic mass is 79.9. The third kappa shape index (κ3) is 4.34. The van der Waals surface area contributed by atoms with Gasteiger partial charge in [-0.1, -0.05) is 33.3 Å². The molecule has 2 aromatic rings. The number of halogens is 1. The molecular formula is C14H18BrN3OS. The lowest BCUT2D eigenvalue weighted by molar-refractivity contribution is 0.199. The van der Waals surface area contributed by atoms with Crippen molar-refractivity contribution in [3.8, 4) is 10.6 Å². The molecule has 0 aliphatic carbocycles. The van der Waals surface area contributed by atoms with Crippen molar-refractivity contribution in [2.75, 3.05) is 26.8 Å². The van der Waals surface area contributed by atoms with Gasteiger partial charge in [-0.2, -0.15) is 0 Å². The molecule has 0 aliphatic rings. The maximum Gasteiger partial charge on any atom is 0.148 e. The fourth-order valence-corrected chi connectivity index (χ4v) is 3.23. The number of ether oxygens (including phenoxy) is 1. The van der Waals surface area contributed by atoms with E-state index in [1.165, 1.54) is 5.56 Å². The summed E-state index contributed by atoms with van der Waals surface area (Å²) in [6.07, 6.45) is 0.900. The van der Waals surface area contributed by atoms with E-state index in [1.54, 1.807) is 18.4 Å². The largest absolute Gasteiger partial charge is 0.383 e. The van der Waals surface area contributed by atoms with Crippen LogP contribution in [0.25, 0.3) is 10.6 Å². The van der Waals surface area contributed by atoms with Crippen molar-refractivity contribution in [3.63, 3.8) is 0 Å². The normalized spacial score (nSPS) is 10.9. The Balaban J connectivity index is 1.95. The molecule has 0 atom stereocenters. The SMILES string of the molecule is COCCNCCc1nnc(-c2ccc(Br)cc2C)s1. The number of aryl methyl sites for hydroxylation is 1. The highest BCUT2D eigenvalue weighted by Gasteiger charge is 2.09.